The van der Waals surface area contributed by atoms with Gasteiger partial charge in [0.15, 0.2) is 60.0 Å². The molecule has 1 saturated carbocycles. The summed E-state index contributed by atoms with van der Waals surface area (Å²) >= 11 is 1.32. The quantitative estimate of drug-likeness (QED) is 0.0486. The molecule has 2 fully saturated rings. The molecule has 2 aliphatic rings. The van der Waals surface area contributed by atoms with Crippen LogP contribution in [0.1, 0.15) is 73.9 Å². The fourth-order valence-electron chi connectivity index (χ4n) is 6.16. The normalized spacial score (nSPS) is 16.6. The fraction of sp³-hybridized carbons (Fsp3) is 0.522. The van der Waals surface area contributed by atoms with E-state index in [1.165, 1.54) is 23.6 Å². The molecule has 73 heavy (non-hydrogen) atoms. The second kappa shape index (κ2) is 25.7. The highest BCUT2D eigenvalue weighted by Gasteiger charge is 2.34. The van der Waals surface area contributed by atoms with Crippen LogP contribution >= 0.6 is 11.8 Å². The van der Waals surface area contributed by atoms with Gasteiger partial charge in [-0.3, -0.25) is 9.89 Å². The molecule has 3 heterocycles. The number of aryl methyl sites for hydroxylation is 1. The maximum atomic E-state index is 13.2. The van der Waals surface area contributed by atoms with Crippen molar-refractivity contribution in [2.75, 3.05) is 41.7 Å². The first-order chi connectivity index (χ1) is 34.4. The van der Waals surface area contributed by atoms with Crippen LogP contribution in [-0.2, 0) is 76.3 Å². The van der Waals surface area contributed by atoms with Gasteiger partial charge in [0.2, 0.25) is 5.91 Å². The Balaban J connectivity index is 1.04. The molecule has 5 rings (SSSR count). The molecule has 1 aliphatic heterocycles. The molecule has 27 heteroatoms. The number of rotatable bonds is 22. The van der Waals surface area contributed by atoms with Crippen molar-refractivity contribution in [2.24, 2.45) is 5.92 Å². The Hall–Kier alpha value is -7.55. The molecule has 4 N–H and O–H groups in total. The summed E-state index contributed by atoms with van der Waals surface area (Å²) in [5.74, 6) is -6.44. The third-order valence-electron chi connectivity index (χ3n) is 10.4. The SMILES string of the molecule is Cc1cc(Nc2cc(N3CCN(C(=O)OC(C)C(=O)OC(C)C(=O)OC(C)C(=O)OC(C)C(=O)OC(C)C(=O)OC(C)C(=O)OC(C)C(=O)OC(C)O)CC3)nc(Sc3ccc(NC(=O)C4CC4)cc3)n2)n[nH]1. The topological polar surface area (TPSA) is 333 Å². The summed E-state index contributed by atoms with van der Waals surface area (Å²) in [5.41, 5.74) is 1.53. The van der Waals surface area contributed by atoms with Crippen LogP contribution in [0.4, 0.5) is 27.9 Å². The first-order valence-corrected chi connectivity index (χ1v) is 23.9. The molecular weight excluding hydrogens is 985 g/mol. The number of carbonyl (C=O) groups excluding carboxylic acids is 9. The molecule has 2 amide bonds. The van der Waals surface area contributed by atoms with Crippen LogP contribution < -0.4 is 15.5 Å². The van der Waals surface area contributed by atoms with Gasteiger partial charge in [-0.2, -0.15) is 5.10 Å². The van der Waals surface area contributed by atoms with E-state index < -0.39 is 96.9 Å². The van der Waals surface area contributed by atoms with Gasteiger partial charge in [0.05, 0.1) is 0 Å². The zero-order valence-corrected chi connectivity index (χ0v) is 42.3. The van der Waals surface area contributed by atoms with Crippen molar-refractivity contribution in [1.29, 1.82) is 0 Å². The van der Waals surface area contributed by atoms with Crippen molar-refractivity contribution >= 4 is 88.7 Å². The number of nitrogens with one attached hydrogen (secondary N) is 3. The first-order valence-electron chi connectivity index (χ1n) is 23.0. The second-order valence-corrected chi connectivity index (χ2v) is 17.9. The summed E-state index contributed by atoms with van der Waals surface area (Å²) in [6.07, 6.45) is -11.4. The first kappa shape index (κ1) is 56.4. The minimum Gasteiger partial charge on any atom is -0.448 e. The Kier molecular flexibility index (Phi) is 19.9. The van der Waals surface area contributed by atoms with Crippen molar-refractivity contribution in [1.82, 2.24) is 25.1 Å². The Morgan fingerprint density at radius 1 is 0.603 bits per heavy atom. The van der Waals surface area contributed by atoms with Crippen LogP contribution in [0.3, 0.4) is 0 Å². The van der Waals surface area contributed by atoms with E-state index in [0.29, 0.717) is 41.4 Å². The molecule has 396 valence electrons. The van der Waals surface area contributed by atoms with Gasteiger partial charge in [0.1, 0.15) is 11.6 Å². The van der Waals surface area contributed by atoms with Crippen molar-refractivity contribution in [3.63, 3.8) is 0 Å². The number of nitrogens with zero attached hydrogens (tertiary/aromatic N) is 5. The van der Waals surface area contributed by atoms with E-state index >= 15 is 0 Å². The van der Waals surface area contributed by atoms with Crippen LogP contribution in [0.2, 0.25) is 0 Å². The number of piperazine rings is 1. The van der Waals surface area contributed by atoms with Crippen LogP contribution in [0, 0.1) is 12.8 Å². The van der Waals surface area contributed by atoms with E-state index in [0.717, 1.165) is 71.9 Å². The number of carbonyl (C=O) groups is 9. The molecule has 1 saturated heterocycles. The van der Waals surface area contributed by atoms with Gasteiger partial charge in [-0.15, -0.1) is 0 Å². The number of ether oxygens (including phenoxy) is 8. The van der Waals surface area contributed by atoms with Crippen molar-refractivity contribution in [3.05, 3.63) is 42.1 Å². The van der Waals surface area contributed by atoms with Gasteiger partial charge >= 0.3 is 47.9 Å². The van der Waals surface area contributed by atoms with Crippen molar-refractivity contribution in [2.45, 2.75) is 134 Å². The second-order valence-electron chi connectivity index (χ2n) is 16.9. The third kappa shape index (κ3) is 17.3. The van der Waals surface area contributed by atoms with Crippen LogP contribution in [0.5, 0.6) is 0 Å². The molecule has 3 aromatic rings. The minimum atomic E-state index is -1.64. The molecular formula is C46H58N8O18S. The molecule has 26 nitrogen and oxygen atoms in total. The predicted molar refractivity (Wildman–Crippen MR) is 251 cm³/mol. The van der Waals surface area contributed by atoms with E-state index in [2.05, 4.69) is 30.6 Å². The summed E-state index contributed by atoms with van der Waals surface area (Å²) in [6.45, 7) is 12.1. The fourth-order valence-corrected chi connectivity index (χ4v) is 6.93. The van der Waals surface area contributed by atoms with Crippen molar-refractivity contribution < 1.29 is 86.2 Å². The maximum absolute atomic E-state index is 13.2. The Morgan fingerprint density at radius 3 is 1.45 bits per heavy atom. The molecule has 0 bridgehead atoms. The largest absolute Gasteiger partial charge is 0.448 e. The molecule has 0 spiro atoms. The predicted octanol–water partition coefficient (Wildman–Crippen LogP) is 2.87. The Morgan fingerprint density at radius 2 is 1.04 bits per heavy atom. The van der Waals surface area contributed by atoms with Crippen LogP contribution in [0.25, 0.3) is 0 Å². The van der Waals surface area contributed by atoms with E-state index in [1.807, 2.05) is 42.2 Å². The number of aliphatic hydroxyl groups excluding tert-OH is 1. The summed E-state index contributed by atoms with van der Waals surface area (Å²) in [4.78, 5) is 126. The summed E-state index contributed by atoms with van der Waals surface area (Å²) < 4.78 is 39.8. The highest BCUT2D eigenvalue weighted by Crippen LogP contribution is 2.32. The minimum absolute atomic E-state index is 0.0107. The van der Waals surface area contributed by atoms with E-state index in [-0.39, 0.29) is 24.9 Å². The number of aromatic nitrogens is 4. The number of benzene rings is 1. The average Bonchev–Trinajstić information content (AvgIpc) is 4.12. The lowest BCUT2D eigenvalue weighted by atomic mass is 10.3. The van der Waals surface area contributed by atoms with Crippen LogP contribution in [-0.4, -0.2) is 159 Å². The van der Waals surface area contributed by atoms with E-state index in [9.17, 15) is 43.2 Å². The molecule has 2 aromatic heterocycles. The van der Waals surface area contributed by atoms with Crippen molar-refractivity contribution in [3.8, 4) is 0 Å². The van der Waals surface area contributed by atoms with Gasteiger partial charge in [0.25, 0.3) is 0 Å². The Labute approximate surface area is 422 Å². The number of hydrogen-bond donors (Lipinski definition) is 4. The number of amides is 2. The van der Waals surface area contributed by atoms with Gasteiger partial charge in [-0.25, -0.2) is 48.3 Å². The summed E-state index contributed by atoms with van der Waals surface area (Å²) in [6, 6.07) is 10.9. The molecule has 8 atom stereocenters. The number of anilines is 4. The van der Waals surface area contributed by atoms with Gasteiger partial charge in [0, 0.05) is 60.5 Å². The lowest BCUT2D eigenvalue weighted by Crippen LogP contribution is -2.50. The zero-order chi connectivity index (χ0) is 53.7. The number of hydrogen-bond acceptors (Lipinski definition) is 24. The zero-order valence-electron chi connectivity index (χ0n) is 41.4. The highest BCUT2D eigenvalue weighted by atomic mass is 32.2. The lowest BCUT2D eigenvalue weighted by molar-refractivity contribution is -0.190. The van der Waals surface area contributed by atoms with Crippen LogP contribution in [0.15, 0.2) is 46.5 Å². The lowest BCUT2D eigenvalue weighted by Gasteiger charge is -2.35. The number of aromatic amines is 1. The van der Waals surface area contributed by atoms with Gasteiger partial charge in [-0.05, 0) is 111 Å². The molecule has 1 aromatic carbocycles. The molecule has 8 unspecified atom stereocenters. The highest BCUT2D eigenvalue weighted by molar-refractivity contribution is 7.99. The monoisotopic (exact) mass is 1040 g/mol. The molecule has 0 radical (unpaired) electrons. The van der Waals surface area contributed by atoms with Gasteiger partial charge in [-0.1, -0.05) is 0 Å². The van der Waals surface area contributed by atoms with E-state index in [1.54, 1.807) is 6.07 Å². The standard InChI is InChI=1S/C46H58N8O18S/c1-22-20-35(52-51-22)48-34-21-36(50-45(49-34)73-33-14-12-32(13-15-33)47-37(56)31-10-11-31)53-16-18-54(19-17-53)46(64)71-29(8)43(62)69-27(6)41(60)67-25(4)39(58)65-23(2)38(57)66-24(3)40(59)68-26(5)42(61)70-28(7)44(63)72-30(9)55/h12-15,20-21,23-31,55H,10-11,16-19H2,1-9H3,(H,47,56)(H2,48,49,50,51,52). The van der Waals surface area contributed by atoms with E-state index in [4.69, 9.17) is 43.2 Å². The molecule has 1 aliphatic carbocycles. The third-order valence-corrected chi connectivity index (χ3v) is 11.3. The van der Waals surface area contributed by atoms with Gasteiger partial charge < -0.3 is 63.4 Å². The number of H-pyrrole nitrogens is 1. The summed E-state index contributed by atoms with van der Waals surface area (Å²) in [7, 11) is 0. The maximum Gasteiger partial charge on any atom is 0.410 e. The number of esters is 7. The smallest absolute Gasteiger partial charge is 0.410 e. The number of aliphatic hydroxyl groups is 1. The average molecular weight is 1040 g/mol. The Bertz CT molecular complexity index is 2500. The summed E-state index contributed by atoms with van der Waals surface area (Å²) in [5, 5.41) is 22.8.